The molecule has 1 amide bonds. The molecule has 1 heterocycles. The summed E-state index contributed by atoms with van der Waals surface area (Å²) in [6, 6.07) is 20.0. The van der Waals surface area contributed by atoms with E-state index in [2.05, 4.69) is 0 Å². The van der Waals surface area contributed by atoms with Gasteiger partial charge in [-0.3, -0.25) is 4.79 Å². The van der Waals surface area contributed by atoms with Gasteiger partial charge in [-0.1, -0.05) is 60.1 Å². The molecule has 0 aliphatic carbocycles. The molecule has 25 heavy (non-hydrogen) atoms. The molecule has 0 bridgehead atoms. The van der Waals surface area contributed by atoms with Crippen molar-refractivity contribution in [1.82, 2.24) is 0 Å². The summed E-state index contributed by atoms with van der Waals surface area (Å²) in [6.45, 7) is 0. The maximum absolute atomic E-state index is 13.2. The molecule has 4 nitrogen and oxygen atoms in total. The molecule has 0 fully saturated rings. The molecule has 0 unspecified atom stereocenters. The number of halogens is 1. The van der Waals surface area contributed by atoms with Gasteiger partial charge >= 0.3 is 0 Å². The number of rotatable bonds is 1. The minimum atomic E-state index is -4.04. The van der Waals surface area contributed by atoms with Gasteiger partial charge in [0.05, 0.1) is 21.2 Å². The fourth-order valence-corrected chi connectivity index (χ4v) is 4.84. The van der Waals surface area contributed by atoms with E-state index in [-0.39, 0.29) is 15.5 Å². The number of benzene rings is 3. The molecule has 0 radical (unpaired) electrons. The second-order valence-corrected chi connectivity index (χ2v) is 7.73. The van der Waals surface area contributed by atoms with Gasteiger partial charge in [0.2, 0.25) is 0 Å². The first-order valence-electron chi connectivity index (χ1n) is 7.54. The number of hydrogen-bond donors (Lipinski definition) is 0. The lowest BCUT2D eigenvalue weighted by atomic mass is 10.0. The zero-order valence-corrected chi connectivity index (χ0v) is 14.5. The van der Waals surface area contributed by atoms with Gasteiger partial charge in [0.15, 0.2) is 0 Å². The molecule has 0 atom stereocenters. The van der Waals surface area contributed by atoms with Gasteiger partial charge in [-0.25, -0.2) is 8.42 Å². The van der Waals surface area contributed by atoms with Crippen molar-refractivity contribution in [3.63, 3.8) is 0 Å². The largest absolute Gasteiger partial charge is 0.273 e. The monoisotopic (exact) mass is 369 g/mol. The third-order valence-electron chi connectivity index (χ3n) is 4.11. The van der Waals surface area contributed by atoms with Crippen LogP contribution in [0.3, 0.4) is 0 Å². The van der Waals surface area contributed by atoms with Gasteiger partial charge < -0.3 is 0 Å². The maximum atomic E-state index is 13.2. The number of nitrogens with zero attached hydrogens (tertiary/aromatic N) is 1. The van der Waals surface area contributed by atoms with Gasteiger partial charge in [0, 0.05) is 11.1 Å². The molecular weight excluding hydrogens is 358 g/mol. The Bertz CT molecular complexity index is 1110. The number of hydrogen-bond acceptors (Lipinski definition) is 3. The summed E-state index contributed by atoms with van der Waals surface area (Å²) in [4.78, 5) is 13.2. The molecule has 0 saturated carbocycles. The molecule has 1 aliphatic rings. The fraction of sp³-hybridized carbons (Fsp3) is 0. The van der Waals surface area contributed by atoms with Crippen LogP contribution in [0.1, 0.15) is 10.4 Å². The topological polar surface area (TPSA) is 54.5 Å². The Labute approximate surface area is 150 Å². The van der Waals surface area contributed by atoms with E-state index in [1.807, 2.05) is 6.07 Å². The first-order chi connectivity index (χ1) is 12.0. The second kappa shape index (κ2) is 5.72. The van der Waals surface area contributed by atoms with E-state index < -0.39 is 15.9 Å². The zero-order chi connectivity index (χ0) is 17.6. The van der Waals surface area contributed by atoms with Crippen molar-refractivity contribution in [2.24, 2.45) is 0 Å². The predicted octanol–water partition coefficient (Wildman–Crippen LogP) is 4.36. The third-order valence-corrected chi connectivity index (χ3v) is 6.19. The number of amides is 1. The van der Waals surface area contributed by atoms with Crippen LogP contribution in [0.2, 0.25) is 5.02 Å². The molecule has 6 heteroatoms. The molecule has 3 aromatic rings. The van der Waals surface area contributed by atoms with E-state index in [1.165, 1.54) is 12.1 Å². The van der Waals surface area contributed by atoms with Crippen molar-refractivity contribution in [2.75, 3.05) is 4.31 Å². The van der Waals surface area contributed by atoms with Gasteiger partial charge in [0.25, 0.3) is 15.9 Å². The minimum absolute atomic E-state index is 0.106. The van der Waals surface area contributed by atoms with Crippen LogP contribution in [0.5, 0.6) is 0 Å². The molecule has 0 saturated heterocycles. The summed E-state index contributed by atoms with van der Waals surface area (Å²) < 4.78 is 27.1. The van der Waals surface area contributed by atoms with E-state index in [9.17, 15) is 13.2 Å². The van der Waals surface area contributed by atoms with Crippen LogP contribution in [0.4, 0.5) is 5.69 Å². The van der Waals surface area contributed by atoms with Crippen molar-refractivity contribution >= 4 is 33.2 Å². The second-order valence-electron chi connectivity index (χ2n) is 5.57. The van der Waals surface area contributed by atoms with E-state index >= 15 is 0 Å². The highest BCUT2D eigenvalue weighted by Gasteiger charge is 2.39. The number of sulfonamides is 1. The highest BCUT2D eigenvalue weighted by molar-refractivity contribution is 7.94. The van der Waals surface area contributed by atoms with Gasteiger partial charge in [0.1, 0.15) is 0 Å². The van der Waals surface area contributed by atoms with E-state index in [4.69, 9.17) is 11.6 Å². The van der Waals surface area contributed by atoms with Crippen molar-refractivity contribution in [2.45, 2.75) is 4.90 Å². The Kier molecular flexibility index (Phi) is 3.63. The molecule has 0 spiro atoms. The average Bonchev–Trinajstić information content (AvgIpc) is 2.62. The van der Waals surface area contributed by atoms with Crippen LogP contribution in [-0.2, 0) is 10.0 Å². The summed E-state index contributed by atoms with van der Waals surface area (Å²) in [6.07, 6.45) is 0. The minimum Gasteiger partial charge on any atom is -0.268 e. The molecular formula is C19H12ClNO3S. The van der Waals surface area contributed by atoms with Crippen LogP contribution < -0.4 is 4.31 Å². The van der Waals surface area contributed by atoms with E-state index in [0.717, 1.165) is 4.31 Å². The van der Waals surface area contributed by atoms with Crippen LogP contribution in [0.15, 0.2) is 77.7 Å². The standard InChI is InChI=1S/C19H12ClNO3S/c20-16-10-4-1-9-15(16)19(22)21-17-11-5-2-7-13(17)14-8-3-6-12-18(14)25(21,23)24/h1-12H. The lowest BCUT2D eigenvalue weighted by molar-refractivity contribution is 0.101. The van der Waals surface area contributed by atoms with Crippen molar-refractivity contribution in [3.8, 4) is 11.1 Å². The molecule has 0 N–H and O–H groups in total. The first kappa shape index (κ1) is 15.9. The highest BCUT2D eigenvalue weighted by atomic mass is 35.5. The maximum Gasteiger partial charge on any atom is 0.273 e. The summed E-state index contributed by atoms with van der Waals surface area (Å²) in [5.41, 5.74) is 1.74. The Morgan fingerprint density at radius 3 is 2.16 bits per heavy atom. The zero-order valence-electron chi connectivity index (χ0n) is 12.9. The normalized spacial score (nSPS) is 14.5. The van der Waals surface area contributed by atoms with E-state index in [1.54, 1.807) is 54.6 Å². The highest BCUT2D eigenvalue weighted by Crippen LogP contribution is 2.43. The summed E-state index contributed by atoms with van der Waals surface area (Å²) >= 11 is 6.12. The summed E-state index contributed by atoms with van der Waals surface area (Å²) in [7, 11) is -4.04. The Morgan fingerprint density at radius 2 is 1.40 bits per heavy atom. The van der Waals surface area contributed by atoms with Gasteiger partial charge in [-0.05, 0) is 24.3 Å². The van der Waals surface area contributed by atoms with Crippen molar-refractivity contribution in [3.05, 3.63) is 83.4 Å². The Morgan fingerprint density at radius 1 is 0.800 bits per heavy atom. The molecule has 4 rings (SSSR count). The van der Waals surface area contributed by atoms with Crippen LogP contribution >= 0.6 is 11.6 Å². The number of anilines is 1. The third kappa shape index (κ3) is 2.35. The van der Waals surface area contributed by atoms with Crippen LogP contribution in [0.25, 0.3) is 11.1 Å². The SMILES string of the molecule is O=C(c1ccccc1Cl)N1c2ccccc2-c2ccccc2S1(=O)=O. The molecule has 1 aliphatic heterocycles. The van der Waals surface area contributed by atoms with Crippen molar-refractivity contribution in [1.29, 1.82) is 0 Å². The number of carbonyl (C=O) groups is 1. The summed E-state index contributed by atoms with van der Waals surface area (Å²) in [5.74, 6) is -0.674. The average molecular weight is 370 g/mol. The molecule has 0 aromatic heterocycles. The number of para-hydroxylation sites is 1. The lowest BCUT2D eigenvalue weighted by Gasteiger charge is -2.30. The smallest absolute Gasteiger partial charge is 0.268 e. The quantitative estimate of drug-likeness (QED) is 0.640. The molecule has 3 aromatic carbocycles. The van der Waals surface area contributed by atoms with Gasteiger partial charge in [-0.15, -0.1) is 0 Å². The number of fused-ring (bicyclic) bond motifs is 3. The Hall–Kier alpha value is -2.63. The molecule has 124 valence electrons. The van der Waals surface area contributed by atoms with E-state index in [0.29, 0.717) is 16.8 Å². The number of carbonyl (C=O) groups excluding carboxylic acids is 1. The Balaban J connectivity index is 2.01. The lowest BCUT2D eigenvalue weighted by Crippen LogP contribution is -2.39. The van der Waals surface area contributed by atoms with Crippen molar-refractivity contribution < 1.29 is 13.2 Å². The summed E-state index contributed by atoms with van der Waals surface area (Å²) in [5, 5.41) is 0.207. The fourth-order valence-electron chi connectivity index (χ4n) is 2.98. The van der Waals surface area contributed by atoms with Crippen LogP contribution in [-0.4, -0.2) is 14.3 Å². The first-order valence-corrected chi connectivity index (χ1v) is 9.36. The predicted molar refractivity (Wildman–Crippen MR) is 97.3 cm³/mol. The van der Waals surface area contributed by atoms with Crippen LogP contribution in [0, 0.1) is 0 Å². The van der Waals surface area contributed by atoms with Gasteiger partial charge in [-0.2, -0.15) is 4.31 Å².